The van der Waals surface area contributed by atoms with Gasteiger partial charge in [0.05, 0.1) is 17.1 Å². The van der Waals surface area contributed by atoms with Crippen LogP contribution in [0.25, 0.3) is 45.0 Å². The van der Waals surface area contributed by atoms with Crippen molar-refractivity contribution in [1.29, 1.82) is 0 Å². The molecule has 20 nitrogen and oxygen atoms in total. The molecule has 0 saturated carbocycles. The molecule has 4 N–H and O–H groups in total. The Morgan fingerprint density at radius 2 is 0.635 bits per heavy atom. The van der Waals surface area contributed by atoms with Crippen LogP contribution in [0.2, 0.25) is 0 Å². The number of benzene rings is 8. The minimum Gasteiger partial charge on any atom is -0.484 e. The summed E-state index contributed by atoms with van der Waals surface area (Å²) in [4.78, 5) is 57.1. The summed E-state index contributed by atoms with van der Waals surface area (Å²) in [5, 5.41) is 29.5. The zero-order valence-corrected chi connectivity index (χ0v) is 56.5. The number of hydrogen-bond acceptors (Lipinski definition) is 12. The van der Waals surface area contributed by atoms with Gasteiger partial charge in [-0.25, -0.2) is 17.6 Å². The lowest BCUT2D eigenvalue weighted by molar-refractivity contribution is -0.135. The molecule has 0 radical (unpaired) electrons. The summed E-state index contributed by atoms with van der Waals surface area (Å²) >= 11 is 0. The van der Waals surface area contributed by atoms with Crippen LogP contribution in [-0.2, 0) is 71.0 Å². The summed E-state index contributed by atoms with van der Waals surface area (Å²) in [7, 11) is 0. The van der Waals surface area contributed by atoms with Crippen LogP contribution >= 0.6 is 0 Å². The molecule has 0 unspecified atom stereocenters. The molecular weight excluding hydrogens is 1330 g/mol. The van der Waals surface area contributed by atoms with Crippen molar-refractivity contribution in [2.75, 3.05) is 52.6 Å². The van der Waals surface area contributed by atoms with Crippen molar-refractivity contribution in [3.8, 4) is 68.0 Å². The maximum absolute atomic E-state index is 14.1. The highest BCUT2D eigenvalue weighted by Gasteiger charge is 2.31. The van der Waals surface area contributed by atoms with E-state index in [2.05, 4.69) is 40.8 Å². The van der Waals surface area contributed by atoms with E-state index in [9.17, 15) is 36.7 Å². The van der Waals surface area contributed by atoms with E-state index in [0.717, 1.165) is 74.0 Å². The third-order valence-corrected chi connectivity index (χ3v) is 18.0. The summed E-state index contributed by atoms with van der Waals surface area (Å²) < 4.78 is 76.1. The molecule has 0 saturated heterocycles. The minimum atomic E-state index is -0.386. The summed E-state index contributed by atoms with van der Waals surface area (Å²) in [5.74, 6) is 0.694. The number of hydrogen-bond donors (Lipinski definition) is 4. The Balaban J connectivity index is 0.000000123. The third-order valence-electron chi connectivity index (χ3n) is 18.0. The van der Waals surface area contributed by atoms with E-state index in [1.807, 2.05) is 127 Å². The molecule has 104 heavy (non-hydrogen) atoms. The van der Waals surface area contributed by atoms with Crippen LogP contribution in [0.5, 0.6) is 23.0 Å². The van der Waals surface area contributed by atoms with Gasteiger partial charge in [-0.2, -0.15) is 20.4 Å². The number of amides is 4. The molecule has 0 spiro atoms. The average molecular weight is 1410 g/mol. The van der Waals surface area contributed by atoms with E-state index in [1.165, 1.54) is 42.5 Å². The number of para-hydroxylation sites is 3. The van der Waals surface area contributed by atoms with Crippen molar-refractivity contribution < 1.29 is 55.7 Å². The number of rotatable bonds is 16. The van der Waals surface area contributed by atoms with Crippen LogP contribution in [-0.4, -0.2) is 137 Å². The van der Waals surface area contributed by atoms with Crippen molar-refractivity contribution in [1.82, 2.24) is 60.4 Å². The van der Waals surface area contributed by atoms with Crippen LogP contribution in [0.15, 0.2) is 218 Å². The second-order valence-electron chi connectivity index (χ2n) is 24.8. The summed E-state index contributed by atoms with van der Waals surface area (Å²) in [6.45, 7) is 4.07. The third kappa shape index (κ3) is 17.4. The molecule has 4 aliphatic rings. The fraction of sp³-hybridized carbons (Fsp3) is 0.200. The molecule has 12 aromatic rings. The van der Waals surface area contributed by atoms with Gasteiger partial charge in [0.1, 0.15) is 52.0 Å². The predicted molar refractivity (Wildman–Crippen MR) is 380 cm³/mol. The van der Waals surface area contributed by atoms with Crippen molar-refractivity contribution >= 4 is 23.6 Å². The highest BCUT2D eigenvalue weighted by atomic mass is 19.1. The first-order chi connectivity index (χ1) is 50.8. The van der Waals surface area contributed by atoms with E-state index in [0.29, 0.717) is 117 Å². The standard InChI is InChI=1S/4C20H18FN3O2/c21-15-6-4-5-14(11-15)20-17-12-24(10-9-18(17)22-23-20)19(25)13-26-16-7-2-1-3-8-16;21-17-9-5-4-8-15(17)20-16-12-24(11-10-18(16)22-23-20)19(25)13-26-14-6-2-1-3-7-14;21-15-7-4-8-16(11-15)26-13-19(25)24-10-9-18-17(12-24)20(23-22-18)14-5-2-1-3-6-14;21-15-8-6-14(7-9-15)20-17-12-24(11-10-18(17)22-23-20)19(25)13-26-16-4-2-1-3-5-16/h1-8,11H,9-10,12-13H2,(H,22,23);1-9H,10-13H2,(H,22,23);1-8,11H,9-10,12-13H2,(H,22,23);1-9H,10-13H2,(H,22,23). The zero-order valence-electron chi connectivity index (χ0n) is 56.5. The van der Waals surface area contributed by atoms with Crippen molar-refractivity contribution in [3.05, 3.63) is 287 Å². The van der Waals surface area contributed by atoms with Crippen LogP contribution in [0, 0.1) is 23.3 Å². The number of aromatic nitrogens is 8. The smallest absolute Gasteiger partial charge is 0.260 e. The van der Waals surface area contributed by atoms with Gasteiger partial charge in [0.15, 0.2) is 26.4 Å². The topological polar surface area (TPSA) is 233 Å². The Labute approximate surface area is 596 Å². The molecule has 0 aliphatic carbocycles. The lowest BCUT2D eigenvalue weighted by Crippen LogP contribution is -2.38. The number of nitrogens with one attached hydrogen (secondary N) is 4. The van der Waals surface area contributed by atoms with Gasteiger partial charge >= 0.3 is 0 Å². The monoisotopic (exact) mass is 1400 g/mol. The van der Waals surface area contributed by atoms with Crippen LogP contribution in [0.1, 0.15) is 45.0 Å². The number of halogens is 4. The van der Waals surface area contributed by atoms with E-state index in [4.69, 9.17) is 18.9 Å². The Morgan fingerprint density at radius 1 is 0.317 bits per heavy atom. The van der Waals surface area contributed by atoms with E-state index in [-0.39, 0.29) is 73.3 Å². The van der Waals surface area contributed by atoms with Gasteiger partial charge in [-0.05, 0) is 97.1 Å². The highest BCUT2D eigenvalue weighted by molar-refractivity contribution is 5.81. The van der Waals surface area contributed by atoms with E-state index < -0.39 is 0 Å². The Bertz CT molecular complexity index is 4900. The number of fused-ring (bicyclic) bond motifs is 4. The number of ether oxygens (including phenoxy) is 4. The fourth-order valence-electron chi connectivity index (χ4n) is 12.5. The molecule has 24 heteroatoms. The molecule has 4 aromatic heterocycles. The van der Waals surface area contributed by atoms with Crippen LogP contribution in [0.3, 0.4) is 0 Å². The number of nitrogens with zero attached hydrogens (tertiary/aromatic N) is 8. The van der Waals surface area contributed by atoms with Gasteiger partial charge in [0.25, 0.3) is 23.6 Å². The number of carbonyl (C=O) groups excluding carboxylic acids is 4. The molecule has 4 amide bonds. The van der Waals surface area contributed by atoms with Crippen molar-refractivity contribution in [3.63, 3.8) is 0 Å². The number of carbonyl (C=O) groups is 4. The minimum absolute atomic E-state index is 0.00306. The zero-order chi connectivity index (χ0) is 71.7. The number of H-pyrrole nitrogens is 4. The molecule has 8 aromatic carbocycles. The second kappa shape index (κ2) is 33.3. The maximum atomic E-state index is 14.1. The van der Waals surface area contributed by atoms with E-state index in [1.54, 1.807) is 68.1 Å². The molecule has 0 bridgehead atoms. The SMILES string of the molecule is O=C(COc1cccc(F)c1)N1CCc2[nH]nc(-c3ccccc3)c2C1.O=C(COc1ccccc1)N1CCc2[nH]nc(-c3ccc(F)cc3)c2C1.O=C(COc1ccccc1)N1CCc2[nH]nc(-c3cccc(F)c3)c2C1.O=C(COc1ccccc1)N1CCc2[nH]nc(-c3ccccc3F)c2C1. The Hall–Kier alpha value is -12.6. The Kier molecular flexibility index (Phi) is 22.3. The first-order valence-electron chi connectivity index (χ1n) is 33.9. The number of aromatic amines is 4. The molecule has 0 atom stereocenters. The van der Waals surface area contributed by atoms with Gasteiger partial charge in [0, 0.05) is 151 Å². The van der Waals surface area contributed by atoms with E-state index >= 15 is 0 Å². The molecule has 8 heterocycles. The second-order valence-corrected chi connectivity index (χ2v) is 24.8. The lowest BCUT2D eigenvalue weighted by Gasteiger charge is -2.27. The predicted octanol–water partition coefficient (Wildman–Crippen LogP) is 12.7. The average Bonchev–Trinajstić information content (AvgIpc) is 1.65. The van der Waals surface area contributed by atoms with Crippen LogP contribution < -0.4 is 18.9 Å². The van der Waals surface area contributed by atoms with Gasteiger partial charge < -0.3 is 38.5 Å². The summed E-state index contributed by atoms with van der Waals surface area (Å²) in [5.41, 5.74) is 13.8. The van der Waals surface area contributed by atoms with Gasteiger partial charge in [-0.15, -0.1) is 0 Å². The lowest BCUT2D eigenvalue weighted by atomic mass is 10.0. The summed E-state index contributed by atoms with van der Waals surface area (Å²) in [6, 6.07) is 62.6. The molecule has 16 rings (SSSR count). The maximum Gasteiger partial charge on any atom is 0.260 e. The quantitative estimate of drug-likeness (QED) is 0.0662. The summed E-state index contributed by atoms with van der Waals surface area (Å²) in [6.07, 6.45) is 2.78. The molecule has 4 aliphatic heterocycles. The normalized spacial score (nSPS) is 13.3. The molecule has 0 fully saturated rings. The van der Waals surface area contributed by atoms with Gasteiger partial charge in [0.2, 0.25) is 0 Å². The first kappa shape index (κ1) is 69.9. The highest BCUT2D eigenvalue weighted by Crippen LogP contribution is 2.34. The van der Waals surface area contributed by atoms with Crippen molar-refractivity contribution in [2.24, 2.45) is 0 Å². The molecule has 528 valence electrons. The largest absolute Gasteiger partial charge is 0.484 e. The first-order valence-corrected chi connectivity index (χ1v) is 33.9. The molecular formula is C80H72F4N12O8. The van der Waals surface area contributed by atoms with Gasteiger partial charge in [-0.1, -0.05) is 115 Å². The van der Waals surface area contributed by atoms with Crippen LogP contribution in [0.4, 0.5) is 17.6 Å². The fourth-order valence-corrected chi connectivity index (χ4v) is 12.5. The van der Waals surface area contributed by atoms with Crippen molar-refractivity contribution in [2.45, 2.75) is 51.9 Å². The Morgan fingerprint density at radius 3 is 1.04 bits per heavy atom. The van der Waals surface area contributed by atoms with Gasteiger partial charge in [-0.3, -0.25) is 39.6 Å².